The van der Waals surface area contributed by atoms with Crippen LogP contribution in [-0.2, 0) is 4.79 Å². The van der Waals surface area contributed by atoms with Gasteiger partial charge in [-0.3, -0.25) is 9.48 Å². The van der Waals surface area contributed by atoms with E-state index in [-0.39, 0.29) is 18.4 Å². The van der Waals surface area contributed by atoms with Gasteiger partial charge >= 0.3 is 0 Å². The van der Waals surface area contributed by atoms with Crippen molar-refractivity contribution in [3.05, 3.63) is 11.4 Å². The first-order valence-corrected chi connectivity index (χ1v) is 5.94. The zero-order chi connectivity index (χ0) is 13.9. The van der Waals surface area contributed by atoms with Crippen LogP contribution in [0.2, 0.25) is 0 Å². The second kappa shape index (κ2) is 5.69. The summed E-state index contributed by atoms with van der Waals surface area (Å²) in [5.41, 5.74) is 8.08. The van der Waals surface area contributed by atoms with Crippen molar-refractivity contribution in [3.63, 3.8) is 0 Å². The van der Waals surface area contributed by atoms with Gasteiger partial charge in [0, 0.05) is 12.5 Å². The first-order valence-electron chi connectivity index (χ1n) is 5.94. The van der Waals surface area contributed by atoms with Crippen molar-refractivity contribution in [1.29, 1.82) is 0 Å². The van der Waals surface area contributed by atoms with E-state index in [4.69, 9.17) is 12.2 Å². The molecule has 98 valence electrons. The highest BCUT2D eigenvalue weighted by Crippen LogP contribution is 2.22. The standard InChI is InChI=1S/C13H20N4O/c1-6-7-11(14)13(18)15-12-9(4)16-17(8(2)3)10(12)5/h1,8,11H,7,14H2,2-5H3,(H,15,18). The first kappa shape index (κ1) is 14.3. The Kier molecular flexibility index (Phi) is 4.51. The van der Waals surface area contributed by atoms with Crippen molar-refractivity contribution in [2.75, 3.05) is 5.32 Å². The molecule has 1 atom stereocenters. The molecule has 0 aromatic carbocycles. The van der Waals surface area contributed by atoms with Gasteiger partial charge in [-0.25, -0.2) is 0 Å². The Morgan fingerprint density at radius 1 is 1.56 bits per heavy atom. The lowest BCUT2D eigenvalue weighted by Gasteiger charge is -2.11. The number of anilines is 1. The molecule has 1 aromatic rings. The summed E-state index contributed by atoms with van der Waals surface area (Å²) in [7, 11) is 0. The van der Waals surface area contributed by atoms with Crippen LogP contribution in [0.1, 0.15) is 37.7 Å². The van der Waals surface area contributed by atoms with E-state index in [1.165, 1.54) is 0 Å². The molecular formula is C13H20N4O. The predicted octanol–water partition coefficient (Wildman–Crippen LogP) is 1.37. The third-order valence-corrected chi connectivity index (χ3v) is 2.74. The molecule has 5 heteroatoms. The molecule has 18 heavy (non-hydrogen) atoms. The summed E-state index contributed by atoms with van der Waals surface area (Å²) in [6.07, 6.45) is 5.36. The average molecular weight is 248 g/mol. The second-order valence-corrected chi connectivity index (χ2v) is 4.59. The highest BCUT2D eigenvalue weighted by Gasteiger charge is 2.18. The fraction of sp³-hybridized carbons (Fsp3) is 0.538. The number of rotatable bonds is 4. The second-order valence-electron chi connectivity index (χ2n) is 4.59. The molecule has 0 bridgehead atoms. The Balaban J connectivity index is 2.92. The van der Waals surface area contributed by atoms with Gasteiger partial charge in [-0.05, 0) is 27.7 Å². The first-order chi connectivity index (χ1) is 8.38. The average Bonchev–Trinajstić information content (AvgIpc) is 2.57. The van der Waals surface area contributed by atoms with Gasteiger partial charge in [0.25, 0.3) is 0 Å². The molecule has 0 fully saturated rings. The maximum absolute atomic E-state index is 11.8. The normalized spacial score (nSPS) is 12.3. The molecule has 0 saturated heterocycles. The number of hydrogen-bond donors (Lipinski definition) is 2. The van der Waals surface area contributed by atoms with Crippen molar-refractivity contribution < 1.29 is 4.79 Å². The van der Waals surface area contributed by atoms with Crippen molar-refractivity contribution in [2.45, 2.75) is 46.2 Å². The maximum Gasteiger partial charge on any atom is 0.242 e. The van der Waals surface area contributed by atoms with Crippen LogP contribution in [-0.4, -0.2) is 21.7 Å². The lowest BCUT2D eigenvalue weighted by atomic mass is 10.2. The Hall–Kier alpha value is -1.80. The van der Waals surface area contributed by atoms with E-state index in [9.17, 15) is 4.79 Å². The SMILES string of the molecule is C#CCC(N)C(=O)Nc1c(C)nn(C(C)C)c1C. The topological polar surface area (TPSA) is 72.9 Å². The van der Waals surface area contributed by atoms with E-state index in [0.29, 0.717) is 0 Å². The van der Waals surface area contributed by atoms with Gasteiger partial charge in [-0.1, -0.05) is 0 Å². The van der Waals surface area contributed by atoms with Crippen molar-refractivity contribution in [2.24, 2.45) is 5.73 Å². The number of aryl methyl sites for hydroxylation is 1. The van der Waals surface area contributed by atoms with E-state index >= 15 is 0 Å². The zero-order valence-electron chi connectivity index (χ0n) is 11.3. The minimum absolute atomic E-state index is 0.224. The molecular weight excluding hydrogens is 228 g/mol. The molecule has 3 N–H and O–H groups in total. The number of hydrogen-bond acceptors (Lipinski definition) is 3. The van der Waals surface area contributed by atoms with Crippen molar-refractivity contribution >= 4 is 11.6 Å². The number of nitrogens with two attached hydrogens (primary N) is 1. The fourth-order valence-electron chi connectivity index (χ4n) is 1.78. The predicted molar refractivity (Wildman–Crippen MR) is 72.1 cm³/mol. The van der Waals surface area contributed by atoms with Gasteiger partial charge < -0.3 is 11.1 Å². The summed E-state index contributed by atoms with van der Waals surface area (Å²) >= 11 is 0. The summed E-state index contributed by atoms with van der Waals surface area (Å²) in [6.45, 7) is 7.85. The molecule has 1 aromatic heterocycles. The van der Waals surface area contributed by atoms with Crippen LogP contribution in [0.4, 0.5) is 5.69 Å². The summed E-state index contributed by atoms with van der Waals surface area (Å²) in [4.78, 5) is 11.8. The molecule has 1 rings (SSSR count). The van der Waals surface area contributed by atoms with Crippen LogP contribution in [0.3, 0.4) is 0 Å². The molecule has 0 spiro atoms. The lowest BCUT2D eigenvalue weighted by Crippen LogP contribution is -2.35. The van der Waals surface area contributed by atoms with Crippen LogP contribution in [0.15, 0.2) is 0 Å². The van der Waals surface area contributed by atoms with Crippen LogP contribution < -0.4 is 11.1 Å². The Bertz CT molecular complexity index is 482. The molecule has 0 saturated carbocycles. The van der Waals surface area contributed by atoms with Crippen LogP contribution in [0.25, 0.3) is 0 Å². The lowest BCUT2D eigenvalue weighted by molar-refractivity contribution is -0.117. The van der Waals surface area contributed by atoms with E-state index < -0.39 is 6.04 Å². The van der Waals surface area contributed by atoms with Gasteiger partial charge in [0.2, 0.25) is 5.91 Å². The minimum Gasteiger partial charge on any atom is -0.322 e. The molecule has 5 nitrogen and oxygen atoms in total. The number of amides is 1. The van der Waals surface area contributed by atoms with E-state index in [2.05, 4.69) is 16.3 Å². The summed E-state index contributed by atoms with van der Waals surface area (Å²) in [6, 6.07) is -0.440. The number of nitrogens with zero attached hydrogens (tertiary/aromatic N) is 2. The third kappa shape index (κ3) is 2.90. The summed E-state index contributed by atoms with van der Waals surface area (Å²) in [5, 5.41) is 7.18. The smallest absolute Gasteiger partial charge is 0.242 e. The molecule has 0 aliphatic rings. The van der Waals surface area contributed by atoms with Gasteiger partial charge in [-0.15, -0.1) is 12.3 Å². The van der Waals surface area contributed by atoms with Crippen LogP contribution in [0, 0.1) is 26.2 Å². The molecule has 1 amide bonds. The highest BCUT2D eigenvalue weighted by molar-refractivity contribution is 5.95. The molecule has 1 unspecified atom stereocenters. The number of nitrogens with one attached hydrogen (secondary N) is 1. The van der Waals surface area contributed by atoms with Crippen LogP contribution >= 0.6 is 0 Å². The van der Waals surface area contributed by atoms with E-state index in [0.717, 1.165) is 17.1 Å². The molecule has 0 aliphatic heterocycles. The van der Waals surface area contributed by atoms with Crippen LogP contribution in [0.5, 0.6) is 0 Å². The number of carbonyl (C=O) groups is 1. The number of terminal acetylenes is 1. The highest BCUT2D eigenvalue weighted by atomic mass is 16.2. The third-order valence-electron chi connectivity index (χ3n) is 2.74. The maximum atomic E-state index is 11.8. The molecule has 0 radical (unpaired) electrons. The minimum atomic E-state index is -0.684. The monoisotopic (exact) mass is 248 g/mol. The molecule has 1 heterocycles. The van der Waals surface area contributed by atoms with Crippen molar-refractivity contribution in [3.8, 4) is 12.3 Å². The van der Waals surface area contributed by atoms with Gasteiger partial charge in [0.1, 0.15) is 0 Å². The Labute approximate surface area is 108 Å². The van der Waals surface area contributed by atoms with Gasteiger partial charge in [0.15, 0.2) is 0 Å². The van der Waals surface area contributed by atoms with E-state index in [1.807, 2.05) is 32.4 Å². The summed E-state index contributed by atoms with van der Waals surface area (Å²) < 4.78 is 1.87. The Morgan fingerprint density at radius 2 is 2.17 bits per heavy atom. The Morgan fingerprint density at radius 3 is 2.61 bits per heavy atom. The zero-order valence-corrected chi connectivity index (χ0v) is 11.3. The van der Waals surface area contributed by atoms with Gasteiger partial charge in [-0.2, -0.15) is 5.10 Å². The molecule has 0 aliphatic carbocycles. The van der Waals surface area contributed by atoms with E-state index in [1.54, 1.807) is 0 Å². The van der Waals surface area contributed by atoms with Crippen molar-refractivity contribution in [1.82, 2.24) is 9.78 Å². The van der Waals surface area contributed by atoms with Gasteiger partial charge in [0.05, 0.1) is 23.1 Å². The largest absolute Gasteiger partial charge is 0.322 e. The quantitative estimate of drug-likeness (QED) is 0.790. The fourth-order valence-corrected chi connectivity index (χ4v) is 1.78. The number of carbonyl (C=O) groups excluding carboxylic acids is 1. The summed E-state index contributed by atoms with van der Waals surface area (Å²) in [5.74, 6) is 2.10. The number of aromatic nitrogens is 2.